The lowest BCUT2D eigenvalue weighted by Crippen LogP contribution is -2.42. The number of amides is 1. The number of hydrogen-bond acceptors (Lipinski definition) is 8. The maximum atomic E-state index is 12.8. The van der Waals surface area contributed by atoms with Crippen LogP contribution in [0.1, 0.15) is 38.3 Å². The Hall–Kier alpha value is -2.47. The molecule has 3 rings (SSSR count). The number of carbonyl (C=O) groups is 1. The van der Waals surface area contributed by atoms with Gasteiger partial charge >= 0.3 is 6.09 Å². The molecular formula is C24H31NO8S2. The van der Waals surface area contributed by atoms with Crippen LogP contribution in [0.2, 0.25) is 0 Å². The third-order valence-corrected chi connectivity index (χ3v) is 7.97. The van der Waals surface area contributed by atoms with E-state index < -0.39 is 44.1 Å². The number of hydrogen-bond donors (Lipinski definition) is 0. The summed E-state index contributed by atoms with van der Waals surface area (Å²) in [6.07, 6.45) is -1.56. The summed E-state index contributed by atoms with van der Waals surface area (Å²) in [5, 5.41) is 0. The number of nitrogens with zero attached hydrogens (tertiary/aromatic N) is 1. The highest BCUT2D eigenvalue weighted by atomic mass is 32.2. The molecular weight excluding hydrogens is 494 g/mol. The van der Waals surface area contributed by atoms with Gasteiger partial charge in [-0.25, -0.2) is 4.79 Å². The molecule has 1 fully saturated rings. The van der Waals surface area contributed by atoms with Crippen LogP contribution in [0, 0.1) is 13.8 Å². The van der Waals surface area contributed by atoms with E-state index in [4.69, 9.17) is 13.1 Å². The van der Waals surface area contributed by atoms with Crippen molar-refractivity contribution in [3.05, 3.63) is 59.7 Å². The Labute approximate surface area is 207 Å². The van der Waals surface area contributed by atoms with Crippen LogP contribution in [0.4, 0.5) is 4.79 Å². The first-order valence-electron chi connectivity index (χ1n) is 11.1. The summed E-state index contributed by atoms with van der Waals surface area (Å²) in [5.41, 5.74) is 0.988. The van der Waals surface area contributed by atoms with E-state index in [-0.39, 0.29) is 29.4 Å². The van der Waals surface area contributed by atoms with E-state index >= 15 is 0 Å². The van der Waals surface area contributed by atoms with Crippen LogP contribution in [0.25, 0.3) is 0 Å². The molecule has 2 aromatic carbocycles. The average molecular weight is 526 g/mol. The normalized spacial score (nSPS) is 19.1. The summed E-state index contributed by atoms with van der Waals surface area (Å²) < 4.78 is 66.9. The van der Waals surface area contributed by atoms with Gasteiger partial charge in [-0.1, -0.05) is 35.4 Å². The van der Waals surface area contributed by atoms with Crippen molar-refractivity contribution in [3.63, 3.8) is 0 Å². The highest BCUT2D eigenvalue weighted by Gasteiger charge is 2.41. The molecule has 1 aliphatic heterocycles. The monoisotopic (exact) mass is 525 g/mol. The number of aryl methyl sites for hydroxylation is 2. The molecule has 1 aliphatic rings. The lowest BCUT2D eigenvalue weighted by Gasteiger charge is -2.28. The van der Waals surface area contributed by atoms with Crippen LogP contribution < -0.4 is 0 Å². The van der Waals surface area contributed by atoms with Crippen molar-refractivity contribution in [2.24, 2.45) is 0 Å². The van der Waals surface area contributed by atoms with Crippen molar-refractivity contribution < 1.29 is 34.7 Å². The zero-order chi connectivity index (χ0) is 26.0. The van der Waals surface area contributed by atoms with Crippen molar-refractivity contribution >= 4 is 26.3 Å². The van der Waals surface area contributed by atoms with Gasteiger partial charge in [-0.15, -0.1) is 0 Å². The van der Waals surface area contributed by atoms with E-state index in [1.807, 2.05) is 13.8 Å². The van der Waals surface area contributed by atoms with E-state index in [0.29, 0.717) is 0 Å². The van der Waals surface area contributed by atoms with Gasteiger partial charge in [-0.05, 0) is 65.3 Å². The van der Waals surface area contributed by atoms with E-state index in [9.17, 15) is 21.6 Å². The van der Waals surface area contributed by atoms with Crippen LogP contribution in [-0.4, -0.2) is 58.7 Å². The minimum atomic E-state index is -4.10. The van der Waals surface area contributed by atoms with Gasteiger partial charge in [0.25, 0.3) is 20.2 Å². The van der Waals surface area contributed by atoms with E-state index in [1.165, 1.54) is 29.2 Å². The van der Waals surface area contributed by atoms with E-state index in [0.717, 1.165) is 11.1 Å². The Morgan fingerprint density at radius 1 is 0.886 bits per heavy atom. The van der Waals surface area contributed by atoms with Crippen molar-refractivity contribution in [1.29, 1.82) is 0 Å². The SMILES string of the molecule is Cc1ccc(S(=O)(=O)OC[C@H]2CC(OS(=O)(=O)c3ccc(C)cc3)CN2C(=O)OC(C)(C)C)cc1. The molecule has 0 N–H and O–H groups in total. The Balaban J connectivity index is 1.77. The first-order chi connectivity index (χ1) is 16.2. The van der Waals surface area contributed by atoms with Crippen LogP contribution in [0.15, 0.2) is 58.3 Å². The zero-order valence-corrected chi connectivity index (χ0v) is 22.1. The molecule has 0 aromatic heterocycles. The fraction of sp³-hybridized carbons (Fsp3) is 0.458. The van der Waals surface area contributed by atoms with Gasteiger partial charge in [0.05, 0.1) is 35.1 Å². The van der Waals surface area contributed by atoms with Gasteiger partial charge < -0.3 is 9.64 Å². The molecule has 0 spiro atoms. The van der Waals surface area contributed by atoms with Crippen molar-refractivity contribution in [2.45, 2.75) is 68.6 Å². The van der Waals surface area contributed by atoms with Gasteiger partial charge in [-0.2, -0.15) is 16.8 Å². The fourth-order valence-corrected chi connectivity index (χ4v) is 5.55. The molecule has 192 valence electrons. The minimum Gasteiger partial charge on any atom is -0.444 e. The smallest absolute Gasteiger partial charge is 0.410 e. The fourth-order valence-electron chi connectivity index (χ4n) is 3.53. The molecule has 0 radical (unpaired) electrons. The molecule has 2 aromatic rings. The van der Waals surface area contributed by atoms with Crippen molar-refractivity contribution in [3.8, 4) is 0 Å². The second-order valence-corrected chi connectivity index (χ2v) is 12.7. The lowest BCUT2D eigenvalue weighted by molar-refractivity contribution is 0.0178. The number of likely N-dealkylation sites (tertiary alicyclic amines) is 1. The predicted molar refractivity (Wildman–Crippen MR) is 129 cm³/mol. The number of rotatable bonds is 7. The topological polar surface area (TPSA) is 116 Å². The molecule has 1 saturated heterocycles. The summed E-state index contributed by atoms with van der Waals surface area (Å²) in [4.78, 5) is 14.1. The lowest BCUT2D eigenvalue weighted by atomic mass is 10.2. The van der Waals surface area contributed by atoms with Crippen molar-refractivity contribution in [2.75, 3.05) is 13.2 Å². The third kappa shape index (κ3) is 7.26. The maximum absolute atomic E-state index is 12.8. The molecule has 0 saturated carbocycles. The highest BCUT2D eigenvalue weighted by Crippen LogP contribution is 2.27. The Morgan fingerprint density at radius 2 is 1.37 bits per heavy atom. The second kappa shape index (κ2) is 10.3. The van der Waals surface area contributed by atoms with Crippen LogP contribution in [0.3, 0.4) is 0 Å². The molecule has 1 amide bonds. The first kappa shape index (κ1) is 27.1. The summed E-state index contributed by atoms with van der Waals surface area (Å²) >= 11 is 0. The predicted octanol–water partition coefficient (Wildman–Crippen LogP) is 3.79. The molecule has 0 aliphatic carbocycles. The molecule has 9 nitrogen and oxygen atoms in total. The molecule has 2 atom stereocenters. The van der Waals surface area contributed by atoms with Crippen LogP contribution in [0.5, 0.6) is 0 Å². The van der Waals surface area contributed by atoms with E-state index in [2.05, 4.69) is 0 Å². The third-order valence-electron chi connectivity index (χ3n) is 5.30. The molecule has 11 heteroatoms. The van der Waals surface area contributed by atoms with Gasteiger partial charge in [0, 0.05) is 0 Å². The Bertz CT molecular complexity index is 1250. The van der Waals surface area contributed by atoms with Crippen LogP contribution in [-0.2, 0) is 33.3 Å². The highest BCUT2D eigenvalue weighted by molar-refractivity contribution is 7.87. The average Bonchev–Trinajstić information content (AvgIpc) is 3.14. The maximum Gasteiger partial charge on any atom is 0.410 e. The Kier molecular flexibility index (Phi) is 7.95. The summed E-state index contributed by atoms with van der Waals surface area (Å²) in [5.74, 6) is 0. The number of ether oxygens (including phenoxy) is 1. The molecule has 1 heterocycles. The molecule has 35 heavy (non-hydrogen) atoms. The summed E-state index contributed by atoms with van der Waals surface area (Å²) in [7, 11) is -8.18. The number of carbonyl (C=O) groups excluding carboxylic acids is 1. The summed E-state index contributed by atoms with van der Waals surface area (Å²) in [6.45, 7) is 8.29. The zero-order valence-electron chi connectivity index (χ0n) is 20.4. The van der Waals surface area contributed by atoms with Gasteiger partial charge in [0.15, 0.2) is 0 Å². The second-order valence-electron chi connectivity index (χ2n) is 9.56. The molecule has 0 bridgehead atoms. The standard InChI is InChI=1S/C24H31NO8S2/c1-17-6-10-21(11-7-17)34(27,28)31-16-19-14-20(15-25(19)23(26)32-24(3,4)5)33-35(29,30)22-12-8-18(2)9-13-22/h6-13,19-20H,14-16H2,1-5H3/t19-,20?/m1/s1. The first-order valence-corrected chi connectivity index (χ1v) is 13.9. The van der Waals surface area contributed by atoms with E-state index in [1.54, 1.807) is 45.0 Å². The number of benzene rings is 2. The quantitative estimate of drug-likeness (QED) is 0.501. The molecule has 1 unspecified atom stereocenters. The Morgan fingerprint density at radius 3 is 1.86 bits per heavy atom. The van der Waals surface area contributed by atoms with Crippen molar-refractivity contribution in [1.82, 2.24) is 4.90 Å². The minimum absolute atomic E-state index is 0.00596. The largest absolute Gasteiger partial charge is 0.444 e. The van der Waals surface area contributed by atoms with Gasteiger partial charge in [0.1, 0.15) is 5.60 Å². The van der Waals surface area contributed by atoms with Gasteiger partial charge in [-0.3, -0.25) is 8.37 Å². The van der Waals surface area contributed by atoms with Crippen LogP contribution >= 0.6 is 0 Å². The summed E-state index contributed by atoms with van der Waals surface area (Å²) in [6, 6.07) is 11.6. The van der Waals surface area contributed by atoms with Gasteiger partial charge in [0.2, 0.25) is 0 Å².